The SMILES string of the molecule is CCCC(NC(=O)N(C)Cc1ccccn1)C(=O)O. The maximum atomic E-state index is 11.9. The van der Waals surface area contributed by atoms with Crippen LogP contribution in [-0.2, 0) is 11.3 Å². The first-order valence-electron chi connectivity index (χ1n) is 6.19. The van der Waals surface area contributed by atoms with Crippen LogP contribution in [0.15, 0.2) is 24.4 Å². The molecule has 0 radical (unpaired) electrons. The first kappa shape index (κ1) is 14.9. The molecule has 19 heavy (non-hydrogen) atoms. The molecule has 1 atom stereocenters. The molecule has 1 aromatic heterocycles. The lowest BCUT2D eigenvalue weighted by Crippen LogP contribution is -2.46. The Hall–Kier alpha value is -2.11. The molecule has 0 saturated heterocycles. The van der Waals surface area contributed by atoms with Crippen molar-refractivity contribution < 1.29 is 14.7 Å². The lowest BCUT2D eigenvalue weighted by Gasteiger charge is -2.20. The van der Waals surface area contributed by atoms with Gasteiger partial charge in [0.15, 0.2) is 0 Å². The van der Waals surface area contributed by atoms with Crippen molar-refractivity contribution in [1.82, 2.24) is 15.2 Å². The van der Waals surface area contributed by atoms with Gasteiger partial charge in [-0.25, -0.2) is 9.59 Å². The summed E-state index contributed by atoms with van der Waals surface area (Å²) in [7, 11) is 1.61. The summed E-state index contributed by atoms with van der Waals surface area (Å²) in [5.41, 5.74) is 0.752. The van der Waals surface area contributed by atoms with Crippen molar-refractivity contribution in [2.75, 3.05) is 7.05 Å². The topological polar surface area (TPSA) is 82.5 Å². The Bertz CT molecular complexity index is 422. The number of hydrogen-bond acceptors (Lipinski definition) is 3. The number of aromatic nitrogens is 1. The van der Waals surface area contributed by atoms with Crippen molar-refractivity contribution >= 4 is 12.0 Å². The van der Waals surface area contributed by atoms with Crippen LogP contribution in [0.4, 0.5) is 4.79 Å². The molecule has 0 bridgehead atoms. The third kappa shape index (κ3) is 4.95. The van der Waals surface area contributed by atoms with E-state index < -0.39 is 18.0 Å². The second kappa shape index (κ2) is 7.35. The van der Waals surface area contributed by atoms with Crippen LogP contribution in [0.2, 0.25) is 0 Å². The van der Waals surface area contributed by atoms with Gasteiger partial charge in [0.1, 0.15) is 6.04 Å². The molecule has 1 aromatic rings. The summed E-state index contributed by atoms with van der Waals surface area (Å²) >= 11 is 0. The highest BCUT2D eigenvalue weighted by Crippen LogP contribution is 2.02. The lowest BCUT2D eigenvalue weighted by molar-refractivity contribution is -0.139. The van der Waals surface area contributed by atoms with Gasteiger partial charge < -0.3 is 15.3 Å². The molecule has 1 unspecified atom stereocenters. The summed E-state index contributed by atoms with van der Waals surface area (Å²) in [6.45, 7) is 2.21. The zero-order chi connectivity index (χ0) is 14.3. The number of hydrogen-bond donors (Lipinski definition) is 2. The van der Waals surface area contributed by atoms with Crippen molar-refractivity contribution in [3.05, 3.63) is 30.1 Å². The third-order valence-electron chi connectivity index (χ3n) is 2.65. The second-order valence-electron chi connectivity index (χ2n) is 4.31. The Balaban J connectivity index is 2.54. The molecular formula is C13H19N3O3. The van der Waals surface area contributed by atoms with Crippen LogP contribution >= 0.6 is 0 Å². The summed E-state index contributed by atoms with van der Waals surface area (Å²) in [5, 5.41) is 11.5. The zero-order valence-electron chi connectivity index (χ0n) is 11.2. The van der Waals surface area contributed by atoms with E-state index in [1.165, 1.54) is 4.90 Å². The van der Waals surface area contributed by atoms with Gasteiger partial charge in [-0.3, -0.25) is 4.98 Å². The van der Waals surface area contributed by atoms with Crippen LogP contribution in [-0.4, -0.2) is 40.1 Å². The monoisotopic (exact) mass is 265 g/mol. The fourth-order valence-electron chi connectivity index (χ4n) is 1.61. The Morgan fingerprint density at radius 2 is 2.21 bits per heavy atom. The average Bonchev–Trinajstić information content (AvgIpc) is 2.39. The molecule has 0 spiro atoms. The molecule has 1 rings (SSSR count). The van der Waals surface area contributed by atoms with Gasteiger partial charge in [-0.05, 0) is 18.6 Å². The van der Waals surface area contributed by atoms with Gasteiger partial charge in [-0.15, -0.1) is 0 Å². The van der Waals surface area contributed by atoms with Crippen LogP contribution < -0.4 is 5.32 Å². The minimum absolute atomic E-state index is 0.338. The standard InChI is InChI=1S/C13H19N3O3/c1-3-6-11(12(17)18)15-13(19)16(2)9-10-7-4-5-8-14-10/h4-5,7-8,11H,3,6,9H2,1-2H3,(H,15,19)(H,17,18). The molecule has 1 heterocycles. The zero-order valence-corrected chi connectivity index (χ0v) is 11.2. The third-order valence-corrected chi connectivity index (χ3v) is 2.65. The molecule has 0 aliphatic carbocycles. The van der Waals surface area contributed by atoms with E-state index in [1.54, 1.807) is 19.3 Å². The summed E-state index contributed by atoms with van der Waals surface area (Å²) in [4.78, 5) is 28.3. The number of carbonyl (C=O) groups excluding carboxylic acids is 1. The Morgan fingerprint density at radius 3 is 2.74 bits per heavy atom. The quantitative estimate of drug-likeness (QED) is 0.816. The molecule has 2 N–H and O–H groups in total. The largest absolute Gasteiger partial charge is 0.480 e. The summed E-state index contributed by atoms with van der Waals surface area (Å²) < 4.78 is 0. The van der Waals surface area contributed by atoms with Crippen molar-refractivity contribution in [3.63, 3.8) is 0 Å². The first-order valence-corrected chi connectivity index (χ1v) is 6.19. The van der Waals surface area contributed by atoms with Gasteiger partial charge in [0, 0.05) is 13.2 Å². The van der Waals surface area contributed by atoms with Gasteiger partial charge in [0.25, 0.3) is 0 Å². The van der Waals surface area contributed by atoms with E-state index in [2.05, 4.69) is 10.3 Å². The number of pyridine rings is 1. The summed E-state index contributed by atoms with van der Waals surface area (Å²) in [6.07, 6.45) is 2.76. The highest BCUT2D eigenvalue weighted by Gasteiger charge is 2.20. The molecule has 0 saturated carbocycles. The second-order valence-corrected chi connectivity index (χ2v) is 4.31. The van der Waals surface area contributed by atoms with Crippen molar-refractivity contribution in [2.24, 2.45) is 0 Å². The van der Waals surface area contributed by atoms with Gasteiger partial charge >= 0.3 is 12.0 Å². The van der Waals surface area contributed by atoms with E-state index >= 15 is 0 Å². The Kier molecular flexibility index (Phi) is 5.78. The van der Waals surface area contributed by atoms with E-state index in [-0.39, 0.29) is 0 Å². The number of carbonyl (C=O) groups is 2. The van der Waals surface area contributed by atoms with E-state index in [4.69, 9.17) is 5.11 Å². The fourth-order valence-corrected chi connectivity index (χ4v) is 1.61. The predicted octanol–water partition coefficient (Wildman–Crippen LogP) is 1.48. The molecule has 0 fully saturated rings. The van der Waals surface area contributed by atoms with Crippen molar-refractivity contribution in [2.45, 2.75) is 32.4 Å². The predicted molar refractivity (Wildman–Crippen MR) is 70.6 cm³/mol. The highest BCUT2D eigenvalue weighted by atomic mass is 16.4. The minimum atomic E-state index is -1.01. The average molecular weight is 265 g/mol. The van der Waals surface area contributed by atoms with E-state index in [0.717, 1.165) is 5.69 Å². The summed E-state index contributed by atoms with van der Waals surface area (Å²) in [5.74, 6) is -1.01. The number of carboxylic acid groups (broad SMARTS) is 1. The number of nitrogens with one attached hydrogen (secondary N) is 1. The highest BCUT2D eigenvalue weighted by molar-refractivity contribution is 5.82. The lowest BCUT2D eigenvalue weighted by atomic mass is 10.2. The molecule has 0 aliphatic heterocycles. The van der Waals surface area contributed by atoms with Gasteiger partial charge in [0.05, 0.1) is 12.2 Å². The Morgan fingerprint density at radius 1 is 1.47 bits per heavy atom. The molecule has 0 aliphatic rings. The number of urea groups is 1. The van der Waals surface area contributed by atoms with Gasteiger partial charge in [-0.2, -0.15) is 0 Å². The maximum Gasteiger partial charge on any atom is 0.326 e. The minimum Gasteiger partial charge on any atom is -0.480 e. The van der Waals surface area contributed by atoms with Gasteiger partial charge in [0.2, 0.25) is 0 Å². The number of amides is 2. The smallest absolute Gasteiger partial charge is 0.326 e. The molecular weight excluding hydrogens is 246 g/mol. The van der Waals surface area contributed by atoms with Crippen LogP contribution in [0.5, 0.6) is 0 Å². The normalized spacial score (nSPS) is 11.7. The number of nitrogens with zero attached hydrogens (tertiary/aromatic N) is 2. The maximum absolute atomic E-state index is 11.9. The van der Waals surface area contributed by atoms with Crippen LogP contribution in [0, 0.1) is 0 Å². The number of rotatable bonds is 6. The molecule has 6 heteroatoms. The van der Waals surface area contributed by atoms with E-state index in [1.807, 2.05) is 19.1 Å². The number of aliphatic carboxylic acids is 1. The molecule has 2 amide bonds. The number of carboxylic acids is 1. The molecule has 104 valence electrons. The van der Waals surface area contributed by atoms with E-state index in [0.29, 0.717) is 19.4 Å². The Labute approximate surface area is 112 Å². The van der Waals surface area contributed by atoms with E-state index in [9.17, 15) is 9.59 Å². The van der Waals surface area contributed by atoms with Gasteiger partial charge in [-0.1, -0.05) is 19.4 Å². The summed E-state index contributed by atoms with van der Waals surface area (Å²) in [6, 6.07) is 4.19. The van der Waals surface area contributed by atoms with Crippen LogP contribution in [0.25, 0.3) is 0 Å². The van der Waals surface area contributed by atoms with Crippen molar-refractivity contribution in [1.29, 1.82) is 0 Å². The van der Waals surface area contributed by atoms with Crippen LogP contribution in [0.1, 0.15) is 25.5 Å². The molecule has 6 nitrogen and oxygen atoms in total. The molecule has 0 aromatic carbocycles. The fraction of sp³-hybridized carbons (Fsp3) is 0.462. The van der Waals surface area contributed by atoms with Crippen molar-refractivity contribution in [3.8, 4) is 0 Å². The van der Waals surface area contributed by atoms with Crippen LogP contribution in [0.3, 0.4) is 0 Å². The first-order chi connectivity index (χ1) is 9.04.